The Balaban J connectivity index is 1.77. The molecule has 0 aliphatic carbocycles. The summed E-state index contributed by atoms with van der Waals surface area (Å²) < 4.78 is 10.6. The highest BCUT2D eigenvalue weighted by molar-refractivity contribution is 7.20. The zero-order chi connectivity index (χ0) is 21.3. The van der Waals surface area contributed by atoms with Crippen molar-refractivity contribution < 1.29 is 19.1 Å². The van der Waals surface area contributed by atoms with Gasteiger partial charge in [0.05, 0.1) is 18.8 Å². The summed E-state index contributed by atoms with van der Waals surface area (Å²) in [5.41, 5.74) is 2.19. The fourth-order valence-corrected chi connectivity index (χ4v) is 3.81. The number of nitrogens with one attached hydrogen (secondary N) is 1. The summed E-state index contributed by atoms with van der Waals surface area (Å²) in [4.78, 5) is 25.7. The van der Waals surface area contributed by atoms with Gasteiger partial charge >= 0.3 is 5.97 Å². The van der Waals surface area contributed by atoms with E-state index >= 15 is 0 Å². The fourth-order valence-electron chi connectivity index (χ4n) is 2.76. The topological polar surface area (TPSA) is 64.6 Å². The summed E-state index contributed by atoms with van der Waals surface area (Å²) in [7, 11) is 0. The summed E-state index contributed by atoms with van der Waals surface area (Å²) in [6.07, 6.45) is 3.15. The van der Waals surface area contributed by atoms with Crippen LogP contribution in [0, 0.1) is 0 Å². The lowest BCUT2D eigenvalue weighted by molar-refractivity contribution is -0.111. The van der Waals surface area contributed by atoms with Gasteiger partial charge in [-0.3, -0.25) is 4.79 Å². The number of hydrogen-bond donors (Lipinski definition) is 1. The lowest BCUT2D eigenvalue weighted by Crippen LogP contribution is -2.11. The van der Waals surface area contributed by atoms with Gasteiger partial charge in [0.25, 0.3) is 0 Å². The van der Waals surface area contributed by atoms with Crippen LogP contribution in [-0.2, 0) is 9.53 Å². The number of ether oxygens (including phenoxy) is 2. The number of carbonyl (C=O) groups is 2. The third-order valence-electron chi connectivity index (χ3n) is 4.14. The average molecular weight is 422 g/mol. The number of esters is 1. The molecule has 2 aromatic carbocycles. The van der Waals surface area contributed by atoms with Crippen molar-refractivity contribution in [3.63, 3.8) is 0 Å². The minimum atomic E-state index is -0.457. The Bertz CT molecular complexity index is 1020. The molecule has 1 amide bonds. The number of carbonyl (C=O) groups excluding carboxylic acids is 2. The highest BCUT2D eigenvalue weighted by Gasteiger charge is 2.19. The summed E-state index contributed by atoms with van der Waals surface area (Å²) in [5, 5.41) is 3.28. The Labute approximate surface area is 180 Å². The van der Waals surface area contributed by atoms with Crippen molar-refractivity contribution in [2.45, 2.75) is 13.8 Å². The van der Waals surface area contributed by atoms with Crippen LogP contribution in [0.3, 0.4) is 0 Å². The maximum absolute atomic E-state index is 12.5. The fraction of sp³-hybridized carbons (Fsp3) is 0.167. The van der Waals surface area contributed by atoms with Crippen LogP contribution >= 0.6 is 11.3 Å². The minimum Gasteiger partial charge on any atom is -0.494 e. The van der Waals surface area contributed by atoms with E-state index in [1.165, 1.54) is 17.4 Å². The largest absolute Gasteiger partial charge is 0.494 e. The molecule has 30 heavy (non-hydrogen) atoms. The highest BCUT2D eigenvalue weighted by Crippen LogP contribution is 2.36. The van der Waals surface area contributed by atoms with Crippen LogP contribution in [-0.4, -0.2) is 25.1 Å². The van der Waals surface area contributed by atoms with Crippen LogP contribution < -0.4 is 10.1 Å². The Kier molecular flexibility index (Phi) is 7.40. The first-order chi connectivity index (χ1) is 14.6. The van der Waals surface area contributed by atoms with Crippen LogP contribution in [0.5, 0.6) is 5.75 Å². The second-order valence-electron chi connectivity index (χ2n) is 6.26. The molecule has 1 N–H and O–H groups in total. The van der Waals surface area contributed by atoms with Gasteiger partial charge in [-0.2, -0.15) is 0 Å². The highest BCUT2D eigenvalue weighted by atomic mass is 32.1. The molecular formula is C24H23NO4S. The monoisotopic (exact) mass is 421 g/mol. The van der Waals surface area contributed by atoms with Gasteiger partial charge in [-0.25, -0.2) is 4.79 Å². The molecule has 0 fully saturated rings. The first kappa shape index (κ1) is 21.3. The van der Waals surface area contributed by atoms with Gasteiger partial charge in [0.2, 0.25) is 5.91 Å². The van der Waals surface area contributed by atoms with Crippen LogP contribution in [0.2, 0.25) is 0 Å². The molecule has 0 aliphatic heterocycles. The molecule has 0 aliphatic rings. The van der Waals surface area contributed by atoms with Crippen molar-refractivity contribution in [2.24, 2.45) is 0 Å². The SMILES string of the molecule is CCOC(=O)c1cc(-c2ccccc2)sc1NC(=O)C=Cc1ccc(OCC)cc1. The average Bonchev–Trinajstić information content (AvgIpc) is 3.18. The second-order valence-corrected chi connectivity index (χ2v) is 7.32. The Hall–Kier alpha value is -3.38. The van der Waals surface area contributed by atoms with Gasteiger partial charge in [-0.05, 0) is 49.2 Å². The Morgan fingerprint density at radius 1 is 1.00 bits per heavy atom. The van der Waals surface area contributed by atoms with Gasteiger partial charge in [-0.1, -0.05) is 42.5 Å². The van der Waals surface area contributed by atoms with E-state index in [9.17, 15) is 9.59 Å². The van der Waals surface area contributed by atoms with Crippen molar-refractivity contribution in [1.29, 1.82) is 0 Å². The van der Waals surface area contributed by atoms with Gasteiger partial charge in [0.1, 0.15) is 10.8 Å². The molecule has 0 saturated carbocycles. The normalized spacial score (nSPS) is 10.7. The van der Waals surface area contributed by atoms with E-state index in [2.05, 4.69) is 5.32 Å². The predicted molar refractivity (Wildman–Crippen MR) is 121 cm³/mol. The van der Waals surface area contributed by atoms with E-state index in [1.807, 2.05) is 61.5 Å². The quantitative estimate of drug-likeness (QED) is 0.377. The predicted octanol–water partition coefficient (Wildman–Crippen LogP) is 5.64. The maximum atomic E-state index is 12.5. The van der Waals surface area contributed by atoms with E-state index in [0.717, 1.165) is 21.8 Å². The molecule has 3 aromatic rings. The lowest BCUT2D eigenvalue weighted by atomic mass is 10.1. The van der Waals surface area contributed by atoms with Gasteiger partial charge in [-0.15, -0.1) is 11.3 Å². The first-order valence-electron chi connectivity index (χ1n) is 9.69. The van der Waals surface area contributed by atoms with Gasteiger partial charge in [0, 0.05) is 11.0 Å². The van der Waals surface area contributed by atoms with E-state index < -0.39 is 5.97 Å². The molecule has 154 valence electrons. The third-order valence-corrected chi connectivity index (χ3v) is 5.24. The zero-order valence-corrected chi connectivity index (χ0v) is 17.7. The van der Waals surface area contributed by atoms with E-state index in [1.54, 1.807) is 19.1 Å². The Morgan fingerprint density at radius 2 is 1.73 bits per heavy atom. The van der Waals surface area contributed by atoms with Crippen molar-refractivity contribution in [3.05, 3.63) is 77.9 Å². The van der Waals surface area contributed by atoms with Crippen LogP contribution in [0.25, 0.3) is 16.5 Å². The van der Waals surface area contributed by atoms with E-state index in [-0.39, 0.29) is 12.5 Å². The molecule has 6 heteroatoms. The summed E-state index contributed by atoms with van der Waals surface area (Å²) in [6.45, 7) is 4.54. The summed E-state index contributed by atoms with van der Waals surface area (Å²) >= 11 is 1.34. The first-order valence-corrected chi connectivity index (χ1v) is 10.5. The van der Waals surface area contributed by atoms with Crippen LogP contribution in [0.15, 0.2) is 66.7 Å². The molecule has 0 unspecified atom stereocenters. The number of rotatable bonds is 8. The zero-order valence-electron chi connectivity index (χ0n) is 16.9. The van der Waals surface area contributed by atoms with Crippen molar-refractivity contribution >= 4 is 34.3 Å². The smallest absolute Gasteiger partial charge is 0.341 e. The Morgan fingerprint density at radius 3 is 2.40 bits per heavy atom. The molecule has 1 heterocycles. The molecule has 3 rings (SSSR count). The number of amides is 1. The van der Waals surface area contributed by atoms with Gasteiger partial charge < -0.3 is 14.8 Å². The van der Waals surface area contributed by atoms with Crippen molar-refractivity contribution in [1.82, 2.24) is 0 Å². The standard InChI is InChI=1S/C24H23NO4S/c1-3-28-19-13-10-17(11-14-19)12-15-22(26)25-23-20(24(27)29-4-2)16-21(30-23)18-8-6-5-7-9-18/h5-16H,3-4H2,1-2H3,(H,25,26). The number of hydrogen-bond acceptors (Lipinski definition) is 5. The lowest BCUT2D eigenvalue weighted by Gasteiger charge is -2.04. The maximum Gasteiger partial charge on any atom is 0.341 e. The van der Waals surface area contributed by atoms with Gasteiger partial charge in [0.15, 0.2) is 0 Å². The molecular weight excluding hydrogens is 398 g/mol. The number of benzene rings is 2. The van der Waals surface area contributed by atoms with Crippen molar-refractivity contribution in [2.75, 3.05) is 18.5 Å². The second kappa shape index (κ2) is 10.4. The summed E-state index contributed by atoms with van der Waals surface area (Å²) in [5.74, 6) is 0.00262. The molecule has 0 spiro atoms. The molecule has 0 atom stereocenters. The van der Waals surface area contributed by atoms with E-state index in [0.29, 0.717) is 17.2 Å². The molecule has 0 radical (unpaired) electrons. The molecule has 1 aromatic heterocycles. The molecule has 0 saturated heterocycles. The van der Waals surface area contributed by atoms with E-state index in [4.69, 9.17) is 9.47 Å². The van der Waals surface area contributed by atoms with Crippen LogP contribution in [0.1, 0.15) is 29.8 Å². The number of thiophene rings is 1. The number of anilines is 1. The molecule has 0 bridgehead atoms. The summed E-state index contributed by atoms with van der Waals surface area (Å²) in [6, 6.07) is 18.9. The minimum absolute atomic E-state index is 0.264. The third kappa shape index (κ3) is 5.58. The van der Waals surface area contributed by atoms with Crippen LogP contribution in [0.4, 0.5) is 5.00 Å². The van der Waals surface area contributed by atoms with Crippen molar-refractivity contribution in [3.8, 4) is 16.2 Å². The molecule has 5 nitrogen and oxygen atoms in total.